The maximum atomic E-state index is 11.8. The highest BCUT2D eigenvalue weighted by atomic mass is 16.6. The van der Waals surface area contributed by atoms with Crippen LogP contribution < -0.4 is 0 Å². The predicted molar refractivity (Wildman–Crippen MR) is 83.4 cm³/mol. The molecule has 0 amide bonds. The first-order valence-corrected chi connectivity index (χ1v) is 8.45. The second kappa shape index (κ2) is 10.6. The maximum Gasteiger partial charge on any atom is 0.335 e. The van der Waals surface area contributed by atoms with Crippen LogP contribution in [0.15, 0.2) is 0 Å². The molecular weight excluding hydrogens is 284 g/mol. The number of hydrogen-bond acceptors (Lipinski definition) is 5. The van der Waals surface area contributed by atoms with Crippen molar-refractivity contribution >= 4 is 11.9 Å². The van der Waals surface area contributed by atoms with Crippen molar-refractivity contribution in [3.63, 3.8) is 0 Å². The van der Waals surface area contributed by atoms with Crippen molar-refractivity contribution in [1.82, 2.24) is 0 Å². The van der Waals surface area contributed by atoms with E-state index >= 15 is 0 Å². The zero-order valence-corrected chi connectivity index (χ0v) is 14.1. The Kier molecular flexibility index (Phi) is 9.13. The minimum absolute atomic E-state index is 0.0483. The fraction of sp³-hybridized carbons (Fsp3) is 0.882. The molecule has 0 spiro atoms. The zero-order chi connectivity index (χ0) is 16.4. The van der Waals surface area contributed by atoms with Gasteiger partial charge in [0.2, 0.25) is 0 Å². The molecule has 0 aliphatic carbocycles. The molecule has 0 saturated carbocycles. The van der Waals surface area contributed by atoms with Gasteiger partial charge in [-0.2, -0.15) is 0 Å². The molecule has 1 aliphatic heterocycles. The monoisotopic (exact) mass is 314 g/mol. The minimum Gasteiger partial charge on any atom is -0.467 e. The molecule has 0 aromatic heterocycles. The lowest BCUT2D eigenvalue weighted by atomic mass is 9.92. The van der Waals surface area contributed by atoms with Crippen LogP contribution in [0.25, 0.3) is 0 Å². The fourth-order valence-corrected chi connectivity index (χ4v) is 3.02. The summed E-state index contributed by atoms with van der Waals surface area (Å²) in [5, 5.41) is 0. The molecule has 5 heteroatoms. The first-order valence-electron chi connectivity index (χ1n) is 8.45. The second-order valence-electron chi connectivity index (χ2n) is 6.00. The molecule has 0 unspecified atom stereocenters. The summed E-state index contributed by atoms with van der Waals surface area (Å²) in [6, 6.07) is 0. The zero-order valence-electron chi connectivity index (χ0n) is 14.1. The molecule has 1 saturated heterocycles. The van der Waals surface area contributed by atoms with E-state index in [4.69, 9.17) is 14.2 Å². The molecule has 128 valence electrons. The van der Waals surface area contributed by atoms with Crippen molar-refractivity contribution < 1.29 is 23.8 Å². The van der Waals surface area contributed by atoms with E-state index in [0.29, 0.717) is 6.42 Å². The van der Waals surface area contributed by atoms with E-state index in [0.717, 1.165) is 19.3 Å². The summed E-state index contributed by atoms with van der Waals surface area (Å²) in [4.78, 5) is 23.4. The van der Waals surface area contributed by atoms with Crippen LogP contribution in [0.1, 0.15) is 64.7 Å². The Bertz CT molecular complexity index is 342. The molecule has 0 radical (unpaired) electrons. The Morgan fingerprint density at radius 1 is 0.955 bits per heavy atom. The van der Waals surface area contributed by atoms with Crippen molar-refractivity contribution in [2.45, 2.75) is 76.9 Å². The van der Waals surface area contributed by atoms with Gasteiger partial charge in [0, 0.05) is 0 Å². The lowest BCUT2D eigenvalue weighted by Crippen LogP contribution is -2.29. The van der Waals surface area contributed by atoms with E-state index in [1.165, 1.54) is 46.3 Å². The summed E-state index contributed by atoms with van der Waals surface area (Å²) in [6.45, 7) is 2.21. The number of esters is 2. The normalized spacial score (nSPS) is 24.2. The molecule has 3 atom stereocenters. The standard InChI is InChI=1S/C17H30O5/c1-4-5-6-7-8-9-10-11-13-12-14(16(18)20-2)22-15(13)17(19)21-3/h13-15H,4-12H2,1-3H3/t13-,14+,15+/m1/s1. The van der Waals surface area contributed by atoms with Crippen LogP contribution in [-0.2, 0) is 23.8 Å². The van der Waals surface area contributed by atoms with E-state index < -0.39 is 18.2 Å². The van der Waals surface area contributed by atoms with Crippen molar-refractivity contribution in [3.05, 3.63) is 0 Å². The van der Waals surface area contributed by atoms with E-state index in [2.05, 4.69) is 6.92 Å². The third kappa shape index (κ3) is 5.95. The average molecular weight is 314 g/mol. The lowest BCUT2D eigenvalue weighted by Gasteiger charge is -2.15. The number of rotatable bonds is 10. The van der Waals surface area contributed by atoms with Crippen molar-refractivity contribution in [2.24, 2.45) is 5.92 Å². The molecule has 5 nitrogen and oxygen atoms in total. The quantitative estimate of drug-likeness (QED) is 0.457. The van der Waals surface area contributed by atoms with Crippen LogP contribution in [0.4, 0.5) is 0 Å². The van der Waals surface area contributed by atoms with Crippen LogP contribution in [0.5, 0.6) is 0 Å². The highest BCUT2D eigenvalue weighted by molar-refractivity contribution is 5.79. The van der Waals surface area contributed by atoms with Gasteiger partial charge >= 0.3 is 11.9 Å². The van der Waals surface area contributed by atoms with E-state index in [1.54, 1.807) is 0 Å². The van der Waals surface area contributed by atoms with Crippen LogP contribution in [0.3, 0.4) is 0 Å². The topological polar surface area (TPSA) is 61.8 Å². The number of carbonyl (C=O) groups excluding carboxylic acids is 2. The van der Waals surface area contributed by atoms with Gasteiger partial charge in [0.05, 0.1) is 14.2 Å². The highest BCUT2D eigenvalue weighted by Gasteiger charge is 2.43. The van der Waals surface area contributed by atoms with Gasteiger partial charge in [-0.05, 0) is 18.8 Å². The predicted octanol–water partition coefficient (Wildman–Crippen LogP) is 3.25. The molecule has 1 rings (SSSR count). The van der Waals surface area contributed by atoms with Crippen LogP contribution in [0.2, 0.25) is 0 Å². The second-order valence-corrected chi connectivity index (χ2v) is 6.00. The van der Waals surface area contributed by atoms with Crippen molar-refractivity contribution in [3.8, 4) is 0 Å². The van der Waals surface area contributed by atoms with Gasteiger partial charge in [-0.25, -0.2) is 9.59 Å². The van der Waals surface area contributed by atoms with Crippen molar-refractivity contribution in [2.75, 3.05) is 14.2 Å². The molecule has 0 N–H and O–H groups in total. The SMILES string of the molecule is CCCCCCCCC[C@@H]1C[C@@H](C(=O)OC)O[C@@H]1C(=O)OC. The molecule has 0 bridgehead atoms. The number of ether oxygens (including phenoxy) is 3. The largest absolute Gasteiger partial charge is 0.467 e. The van der Waals surface area contributed by atoms with Gasteiger partial charge in [-0.1, -0.05) is 51.9 Å². The van der Waals surface area contributed by atoms with Crippen LogP contribution >= 0.6 is 0 Å². The van der Waals surface area contributed by atoms with Crippen LogP contribution in [-0.4, -0.2) is 38.4 Å². The maximum absolute atomic E-state index is 11.8. The Hall–Kier alpha value is -1.10. The Labute approximate surface area is 133 Å². The summed E-state index contributed by atoms with van der Waals surface area (Å²) >= 11 is 0. The molecule has 1 heterocycles. The van der Waals surface area contributed by atoms with Gasteiger partial charge in [0.15, 0.2) is 12.2 Å². The van der Waals surface area contributed by atoms with Crippen molar-refractivity contribution in [1.29, 1.82) is 0 Å². The minimum atomic E-state index is -0.636. The fourth-order valence-electron chi connectivity index (χ4n) is 3.02. The third-order valence-electron chi connectivity index (χ3n) is 4.33. The van der Waals surface area contributed by atoms with E-state index in [1.807, 2.05) is 0 Å². The summed E-state index contributed by atoms with van der Waals surface area (Å²) in [7, 11) is 2.68. The van der Waals surface area contributed by atoms with Gasteiger partial charge in [0.25, 0.3) is 0 Å². The molecule has 1 aliphatic rings. The third-order valence-corrected chi connectivity index (χ3v) is 4.33. The van der Waals surface area contributed by atoms with Gasteiger partial charge < -0.3 is 14.2 Å². The average Bonchev–Trinajstić information content (AvgIpc) is 2.96. The Balaban J connectivity index is 2.34. The Morgan fingerprint density at radius 2 is 1.55 bits per heavy atom. The van der Waals surface area contributed by atoms with Gasteiger partial charge in [-0.3, -0.25) is 0 Å². The summed E-state index contributed by atoms with van der Waals surface area (Å²) in [5.74, 6) is -0.748. The summed E-state index contributed by atoms with van der Waals surface area (Å²) in [5.41, 5.74) is 0. The molecule has 0 aromatic rings. The van der Waals surface area contributed by atoms with E-state index in [-0.39, 0.29) is 11.9 Å². The number of unbranched alkanes of at least 4 members (excludes halogenated alkanes) is 6. The molecular formula is C17H30O5. The van der Waals surface area contributed by atoms with E-state index in [9.17, 15) is 9.59 Å². The van der Waals surface area contributed by atoms with Gasteiger partial charge in [-0.15, -0.1) is 0 Å². The van der Waals surface area contributed by atoms with Gasteiger partial charge in [0.1, 0.15) is 0 Å². The highest BCUT2D eigenvalue weighted by Crippen LogP contribution is 2.32. The molecule has 0 aromatic carbocycles. The lowest BCUT2D eigenvalue weighted by molar-refractivity contribution is -0.162. The number of methoxy groups -OCH3 is 2. The number of hydrogen-bond donors (Lipinski definition) is 0. The first-order chi connectivity index (χ1) is 10.6. The summed E-state index contributed by atoms with van der Waals surface area (Å²) in [6.07, 6.45) is 8.77. The number of carbonyl (C=O) groups is 2. The van der Waals surface area contributed by atoms with Crippen LogP contribution in [0, 0.1) is 5.92 Å². The smallest absolute Gasteiger partial charge is 0.335 e. The molecule has 1 fully saturated rings. The molecule has 22 heavy (non-hydrogen) atoms. The first kappa shape index (κ1) is 18.9. The summed E-state index contributed by atoms with van der Waals surface area (Å²) < 4.78 is 15.0. The Morgan fingerprint density at radius 3 is 2.14 bits per heavy atom.